The average Bonchev–Trinajstić information content (AvgIpc) is 2.73. The number of carbonyl (C=O) groups is 2. The molecule has 0 aromatic carbocycles. The number of amides is 3. The summed E-state index contributed by atoms with van der Waals surface area (Å²) in [6.45, 7) is 1.96. The van der Waals surface area contributed by atoms with Crippen LogP contribution in [0.3, 0.4) is 0 Å². The van der Waals surface area contributed by atoms with Crippen molar-refractivity contribution in [3.8, 4) is 0 Å². The fourth-order valence-corrected chi connectivity index (χ4v) is 2.26. The number of hydrogen-bond donors (Lipinski definition) is 4. The van der Waals surface area contributed by atoms with Gasteiger partial charge >= 0.3 is 6.03 Å². The van der Waals surface area contributed by atoms with Crippen molar-refractivity contribution in [3.63, 3.8) is 0 Å². The van der Waals surface area contributed by atoms with E-state index in [0.717, 1.165) is 31.6 Å². The lowest BCUT2D eigenvalue weighted by Crippen LogP contribution is -2.49. The molecule has 0 aliphatic carbocycles. The highest BCUT2D eigenvalue weighted by molar-refractivity contribution is 5.87. The molecule has 22 heavy (non-hydrogen) atoms. The lowest BCUT2D eigenvalue weighted by molar-refractivity contribution is -0.122. The molecule has 3 amide bonds. The van der Waals surface area contributed by atoms with Crippen molar-refractivity contribution in [2.75, 3.05) is 25.0 Å². The average molecular weight is 305 g/mol. The van der Waals surface area contributed by atoms with E-state index in [0.29, 0.717) is 19.5 Å². The molecule has 2 rings (SSSR count). The molecule has 7 heteroatoms. The third-order valence-corrected chi connectivity index (χ3v) is 3.45. The van der Waals surface area contributed by atoms with Crippen LogP contribution in [0.1, 0.15) is 25.7 Å². The smallest absolute Gasteiger partial charge is 0.315 e. The van der Waals surface area contributed by atoms with Crippen molar-refractivity contribution in [2.24, 2.45) is 0 Å². The Kier molecular flexibility index (Phi) is 6.47. The molecule has 1 atom stereocenters. The molecule has 7 nitrogen and oxygen atoms in total. The predicted octanol–water partition coefficient (Wildman–Crippen LogP) is 0.851. The van der Waals surface area contributed by atoms with Gasteiger partial charge in [-0.3, -0.25) is 4.79 Å². The number of rotatable bonds is 6. The maximum atomic E-state index is 11.8. The van der Waals surface area contributed by atoms with Gasteiger partial charge in [-0.25, -0.2) is 9.78 Å². The molecule has 1 aliphatic rings. The summed E-state index contributed by atoms with van der Waals surface area (Å²) in [6.07, 6.45) is 5.11. The number of nitrogens with zero attached hydrogens (tertiary/aromatic N) is 1. The van der Waals surface area contributed by atoms with Gasteiger partial charge in [-0.15, -0.1) is 0 Å². The molecule has 4 N–H and O–H groups in total. The Morgan fingerprint density at radius 1 is 1.32 bits per heavy atom. The van der Waals surface area contributed by atoms with Crippen molar-refractivity contribution in [1.29, 1.82) is 0 Å². The summed E-state index contributed by atoms with van der Waals surface area (Å²) >= 11 is 0. The van der Waals surface area contributed by atoms with Crippen molar-refractivity contribution in [3.05, 3.63) is 24.4 Å². The van der Waals surface area contributed by atoms with Crippen LogP contribution in [0.5, 0.6) is 0 Å². The summed E-state index contributed by atoms with van der Waals surface area (Å²) in [4.78, 5) is 27.6. The molecular formula is C15H23N5O2. The molecule has 1 aliphatic heterocycles. The summed E-state index contributed by atoms with van der Waals surface area (Å²) in [5.74, 6) is 0.728. The highest BCUT2D eigenvalue weighted by atomic mass is 16.2. The SMILES string of the molecule is O=C(NCCCNc1ccccn1)N[C@@H]1CCCCNC1=O. The van der Waals surface area contributed by atoms with Crippen molar-refractivity contribution >= 4 is 17.8 Å². The minimum atomic E-state index is -0.422. The lowest BCUT2D eigenvalue weighted by Gasteiger charge is -2.15. The number of urea groups is 1. The molecule has 1 saturated heterocycles. The Morgan fingerprint density at radius 3 is 3.05 bits per heavy atom. The molecule has 0 saturated carbocycles. The van der Waals surface area contributed by atoms with Crippen LogP contribution in [-0.4, -0.2) is 42.6 Å². The van der Waals surface area contributed by atoms with E-state index in [-0.39, 0.29) is 11.9 Å². The van der Waals surface area contributed by atoms with Gasteiger partial charge in [0.15, 0.2) is 0 Å². The van der Waals surface area contributed by atoms with Gasteiger partial charge in [-0.2, -0.15) is 0 Å². The minimum Gasteiger partial charge on any atom is -0.370 e. The highest BCUT2D eigenvalue weighted by Gasteiger charge is 2.21. The second-order valence-corrected chi connectivity index (χ2v) is 5.23. The molecule has 0 unspecified atom stereocenters. The Bertz CT molecular complexity index is 480. The molecule has 120 valence electrons. The Morgan fingerprint density at radius 2 is 2.23 bits per heavy atom. The van der Waals surface area contributed by atoms with E-state index in [2.05, 4.69) is 26.3 Å². The van der Waals surface area contributed by atoms with Gasteiger partial charge in [0.1, 0.15) is 11.9 Å². The number of hydrogen-bond acceptors (Lipinski definition) is 4. The van der Waals surface area contributed by atoms with Crippen molar-refractivity contribution in [2.45, 2.75) is 31.7 Å². The topological polar surface area (TPSA) is 95.2 Å². The van der Waals surface area contributed by atoms with Crippen LogP contribution >= 0.6 is 0 Å². The van der Waals surface area contributed by atoms with E-state index < -0.39 is 6.04 Å². The van der Waals surface area contributed by atoms with Crippen LogP contribution in [-0.2, 0) is 4.79 Å². The molecule has 0 bridgehead atoms. The standard InChI is InChI=1S/C15H23N5O2/c21-14-12(6-1-3-9-18-14)20-15(22)19-11-5-10-17-13-7-2-4-8-16-13/h2,4,7-8,12H,1,3,5-6,9-11H2,(H,16,17)(H,18,21)(H2,19,20,22)/t12-/m1/s1. The Hall–Kier alpha value is -2.31. The van der Waals surface area contributed by atoms with Gasteiger partial charge in [0.05, 0.1) is 0 Å². The van der Waals surface area contributed by atoms with Gasteiger partial charge in [0.25, 0.3) is 0 Å². The van der Waals surface area contributed by atoms with Crippen LogP contribution < -0.4 is 21.3 Å². The van der Waals surface area contributed by atoms with Gasteiger partial charge < -0.3 is 21.3 Å². The number of pyridine rings is 1. The summed E-state index contributed by atoms with van der Waals surface area (Å²) in [7, 11) is 0. The number of nitrogens with one attached hydrogen (secondary N) is 4. The minimum absolute atomic E-state index is 0.0931. The summed E-state index contributed by atoms with van der Waals surface area (Å²) in [5.41, 5.74) is 0. The van der Waals surface area contributed by atoms with Crippen molar-refractivity contribution < 1.29 is 9.59 Å². The third kappa shape index (κ3) is 5.59. The lowest BCUT2D eigenvalue weighted by atomic mass is 10.1. The van der Waals surface area contributed by atoms with E-state index in [9.17, 15) is 9.59 Å². The third-order valence-electron chi connectivity index (χ3n) is 3.45. The molecule has 2 heterocycles. The Labute approximate surface area is 130 Å². The number of aromatic nitrogens is 1. The van der Waals surface area contributed by atoms with Crippen LogP contribution in [0.15, 0.2) is 24.4 Å². The second kappa shape index (κ2) is 8.86. The molecule has 1 aromatic heterocycles. The van der Waals surface area contributed by atoms with Crippen LogP contribution in [0.4, 0.5) is 10.6 Å². The van der Waals surface area contributed by atoms with Crippen LogP contribution in [0, 0.1) is 0 Å². The van der Waals surface area contributed by atoms with E-state index in [1.807, 2.05) is 18.2 Å². The maximum absolute atomic E-state index is 11.8. The first-order chi connectivity index (χ1) is 10.8. The predicted molar refractivity (Wildman–Crippen MR) is 84.5 cm³/mol. The van der Waals surface area contributed by atoms with Gasteiger partial charge in [0.2, 0.25) is 5.91 Å². The van der Waals surface area contributed by atoms with Crippen LogP contribution in [0.2, 0.25) is 0 Å². The summed E-state index contributed by atoms with van der Waals surface area (Å²) < 4.78 is 0. The van der Waals surface area contributed by atoms with E-state index in [1.165, 1.54) is 0 Å². The zero-order chi connectivity index (χ0) is 15.6. The number of anilines is 1. The molecule has 0 spiro atoms. The normalized spacial score (nSPS) is 18.0. The molecule has 0 radical (unpaired) electrons. The molecule has 1 fully saturated rings. The second-order valence-electron chi connectivity index (χ2n) is 5.23. The molecular weight excluding hydrogens is 282 g/mol. The quantitative estimate of drug-likeness (QED) is 0.586. The highest BCUT2D eigenvalue weighted by Crippen LogP contribution is 2.05. The first-order valence-corrected chi connectivity index (χ1v) is 7.72. The largest absolute Gasteiger partial charge is 0.370 e. The summed E-state index contributed by atoms with van der Waals surface area (Å²) in [6, 6.07) is 4.96. The summed E-state index contributed by atoms with van der Waals surface area (Å²) in [5, 5.41) is 11.5. The van der Waals surface area contributed by atoms with E-state index >= 15 is 0 Å². The maximum Gasteiger partial charge on any atom is 0.315 e. The van der Waals surface area contributed by atoms with Gasteiger partial charge in [-0.1, -0.05) is 6.07 Å². The van der Waals surface area contributed by atoms with Crippen molar-refractivity contribution in [1.82, 2.24) is 20.9 Å². The first-order valence-electron chi connectivity index (χ1n) is 7.72. The number of carbonyl (C=O) groups excluding carboxylic acids is 2. The van der Waals surface area contributed by atoms with E-state index in [1.54, 1.807) is 6.20 Å². The van der Waals surface area contributed by atoms with Gasteiger partial charge in [-0.05, 0) is 37.8 Å². The molecule has 1 aromatic rings. The van der Waals surface area contributed by atoms with E-state index in [4.69, 9.17) is 0 Å². The monoisotopic (exact) mass is 305 g/mol. The zero-order valence-corrected chi connectivity index (χ0v) is 12.6. The Balaban J connectivity index is 1.58. The van der Waals surface area contributed by atoms with Gasteiger partial charge in [0, 0.05) is 25.8 Å². The van der Waals surface area contributed by atoms with Crippen LogP contribution in [0.25, 0.3) is 0 Å². The fraction of sp³-hybridized carbons (Fsp3) is 0.533. The zero-order valence-electron chi connectivity index (χ0n) is 12.6. The fourth-order valence-electron chi connectivity index (χ4n) is 2.26. The first kappa shape index (κ1) is 16.1.